The molecular formula is C14H21NO2. The van der Waals surface area contributed by atoms with Crippen molar-refractivity contribution in [1.82, 2.24) is 5.32 Å². The highest BCUT2D eigenvalue weighted by Crippen LogP contribution is 2.35. The Morgan fingerprint density at radius 3 is 2.41 bits per heavy atom. The van der Waals surface area contributed by atoms with E-state index in [0.29, 0.717) is 6.04 Å². The number of rotatable bonds is 3. The number of hydrogen-bond acceptors (Lipinski definition) is 3. The SMILES string of the molecule is COc1cc(C)c(C2CCCCN2)cc1OC. The highest BCUT2D eigenvalue weighted by Gasteiger charge is 2.18. The van der Waals surface area contributed by atoms with E-state index < -0.39 is 0 Å². The summed E-state index contributed by atoms with van der Waals surface area (Å²) in [5.74, 6) is 1.63. The topological polar surface area (TPSA) is 30.5 Å². The maximum atomic E-state index is 5.37. The van der Waals surface area contributed by atoms with Gasteiger partial charge in [-0.1, -0.05) is 6.42 Å². The van der Waals surface area contributed by atoms with E-state index in [-0.39, 0.29) is 0 Å². The van der Waals surface area contributed by atoms with Crippen LogP contribution in [0.25, 0.3) is 0 Å². The van der Waals surface area contributed by atoms with E-state index in [1.807, 2.05) is 0 Å². The van der Waals surface area contributed by atoms with Gasteiger partial charge in [0.2, 0.25) is 0 Å². The summed E-state index contributed by atoms with van der Waals surface area (Å²) < 4.78 is 10.7. The van der Waals surface area contributed by atoms with Crippen molar-refractivity contribution in [3.05, 3.63) is 23.3 Å². The monoisotopic (exact) mass is 235 g/mol. The van der Waals surface area contributed by atoms with Gasteiger partial charge < -0.3 is 14.8 Å². The van der Waals surface area contributed by atoms with Crippen LogP contribution in [0.4, 0.5) is 0 Å². The zero-order chi connectivity index (χ0) is 12.3. The zero-order valence-electron chi connectivity index (χ0n) is 10.9. The van der Waals surface area contributed by atoms with Gasteiger partial charge in [-0.15, -0.1) is 0 Å². The summed E-state index contributed by atoms with van der Waals surface area (Å²) in [6, 6.07) is 4.63. The molecule has 1 aromatic rings. The maximum absolute atomic E-state index is 5.37. The van der Waals surface area contributed by atoms with Crippen LogP contribution in [-0.2, 0) is 0 Å². The average Bonchev–Trinajstić information content (AvgIpc) is 2.39. The molecule has 1 aliphatic rings. The largest absolute Gasteiger partial charge is 0.493 e. The Hall–Kier alpha value is -1.22. The van der Waals surface area contributed by atoms with Crippen molar-refractivity contribution < 1.29 is 9.47 Å². The minimum atomic E-state index is 0.462. The second kappa shape index (κ2) is 5.41. The van der Waals surface area contributed by atoms with Crippen LogP contribution in [0.1, 0.15) is 36.4 Å². The average molecular weight is 235 g/mol. The third-order valence-electron chi connectivity index (χ3n) is 3.46. The summed E-state index contributed by atoms with van der Waals surface area (Å²) in [6.07, 6.45) is 3.78. The quantitative estimate of drug-likeness (QED) is 0.874. The molecule has 1 heterocycles. The van der Waals surface area contributed by atoms with Gasteiger partial charge in [0.05, 0.1) is 14.2 Å². The number of benzene rings is 1. The molecule has 1 saturated heterocycles. The summed E-state index contributed by atoms with van der Waals surface area (Å²) in [6.45, 7) is 3.24. The molecular weight excluding hydrogens is 214 g/mol. The molecule has 0 amide bonds. The van der Waals surface area contributed by atoms with Gasteiger partial charge in [0.1, 0.15) is 0 Å². The number of piperidine rings is 1. The lowest BCUT2D eigenvalue weighted by Crippen LogP contribution is -2.27. The molecule has 2 rings (SSSR count). The number of hydrogen-bond donors (Lipinski definition) is 1. The zero-order valence-corrected chi connectivity index (χ0v) is 10.9. The lowest BCUT2D eigenvalue weighted by molar-refractivity contribution is 0.351. The van der Waals surface area contributed by atoms with Gasteiger partial charge in [-0.25, -0.2) is 0 Å². The molecule has 0 aromatic heterocycles. The molecule has 0 radical (unpaired) electrons. The summed E-state index contributed by atoms with van der Waals surface area (Å²) >= 11 is 0. The Labute approximate surface area is 103 Å². The molecule has 0 aliphatic carbocycles. The van der Waals surface area contributed by atoms with Gasteiger partial charge in [-0.3, -0.25) is 0 Å². The van der Waals surface area contributed by atoms with Crippen molar-refractivity contribution in [2.45, 2.75) is 32.2 Å². The van der Waals surface area contributed by atoms with E-state index >= 15 is 0 Å². The molecule has 3 heteroatoms. The van der Waals surface area contributed by atoms with Gasteiger partial charge in [-0.2, -0.15) is 0 Å². The van der Waals surface area contributed by atoms with Crippen LogP contribution in [0.2, 0.25) is 0 Å². The van der Waals surface area contributed by atoms with Crippen molar-refractivity contribution in [3.63, 3.8) is 0 Å². The molecule has 94 valence electrons. The third kappa shape index (κ3) is 2.55. The van der Waals surface area contributed by atoms with Gasteiger partial charge >= 0.3 is 0 Å². The smallest absolute Gasteiger partial charge is 0.161 e. The second-order valence-electron chi connectivity index (χ2n) is 4.57. The van der Waals surface area contributed by atoms with Crippen molar-refractivity contribution in [1.29, 1.82) is 0 Å². The normalized spacial score (nSPS) is 20.1. The van der Waals surface area contributed by atoms with Gasteiger partial charge in [-0.05, 0) is 49.6 Å². The van der Waals surface area contributed by atoms with E-state index in [1.165, 1.54) is 30.4 Å². The van der Waals surface area contributed by atoms with Crippen LogP contribution in [0.3, 0.4) is 0 Å². The first kappa shape index (κ1) is 12.2. The Kier molecular flexibility index (Phi) is 3.89. The third-order valence-corrected chi connectivity index (χ3v) is 3.46. The molecule has 1 aliphatic heterocycles. The molecule has 0 spiro atoms. The first-order chi connectivity index (χ1) is 8.26. The van der Waals surface area contributed by atoms with Crippen LogP contribution in [0, 0.1) is 6.92 Å². The minimum absolute atomic E-state index is 0.462. The van der Waals surface area contributed by atoms with Crippen molar-refractivity contribution in [2.24, 2.45) is 0 Å². The maximum Gasteiger partial charge on any atom is 0.161 e. The predicted octanol–water partition coefficient (Wildman–Crippen LogP) is 2.83. The fourth-order valence-electron chi connectivity index (χ4n) is 2.49. The highest BCUT2D eigenvalue weighted by atomic mass is 16.5. The molecule has 1 fully saturated rings. The van der Waals surface area contributed by atoms with Crippen LogP contribution in [0.15, 0.2) is 12.1 Å². The Morgan fingerprint density at radius 2 is 1.82 bits per heavy atom. The lowest BCUT2D eigenvalue weighted by Gasteiger charge is -2.26. The minimum Gasteiger partial charge on any atom is -0.493 e. The van der Waals surface area contributed by atoms with E-state index in [4.69, 9.17) is 9.47 Å². The molecule has 0 saturated carbocycles. The van der Waals surface area contributed by atoms with Gasteiger partial charge in [0.25, 0.3) is 0 Å². The van der Waals surface area contributed by atoms with Crippen molar-refractivity contribution in [2.75, 3.05) is 20.8 Å². The Bertz CT molecular complexity index is 384. The van der Waals surface area contributed by atoms with Gasteiger partial charge in [0.15, 0.2) is 11.5 Å². The first-order valence-corrected chi connectivity index (χ1v) is 6.22. The van der Waals surface area contributed by atoms with E-state index in [0.717, 1.165) is 18.0 Å². The Balaban J connectivity index is 2.32. The standard InChI is InChI=1S/C14H21NO2/c1-10-8-13(16-2)14(17-3)9-11(10)12-6-4-5-7-15-12/h8-9,12,15H,4-7H2,1-3H3. The fraction of sp³-hybridized carbons (Fsp3) is 0.571. The first-order valence-electron chi connectivity index (χ1n) is 6.22. The molecule has 1 N–H and O–H groups in total. The van der Waals surface area contributed by atoms with Crippen LogP contribution < -0.4 is 14.8 Å². The highest BCUT2D eigenvalue weighted by molar-refractivity contribution is 5.48. The van der Waals surface area contributed by atoms with Crippen LogP contribution in [0.5, 0.6) is 11.5 Å². The van der Waals surface area contributed by atoms with E-state index in [2.05, 4.69) is 24.4 Å². The summed E-state index contributed by atoms with van der Waals surface area (Å²) in [4.78, 5) is 0. The number of aryl methyl sites for hydroxylation is 1. The summed E-state index contributed by atoms with van der Waals surface area (Å²) in [7, 11) is 3.36. The molecule has 0 bridgehead atoms. The van der Waals surface area contributed by atoms with Crippen LogP contribution >= 0.6 is 0 Å². The molecule has 3 nitrogen and oxygen atoms in total. The Morgan fingerprint density at radius 1 is 1.12 bits per heavy atom. The summed E-state index contributed by atoms with van der Waals surface area (Å²) in [5.41, 5.74) is 2.60. The van der Waals surface area contributed by atoms with Crippen molar-refractivity contribution >= 4 is 0 Å². The molecule has 17 heavy (non-hydrogen) atoms. The number of nitrogens with one attached hydrogen (secondary N) is 1. The fourth-order valence-corrected chi connectivity index (χ4v) is 2.49. The van der Waals surface area contributed by atoms with E-state index in [1.54, 1.807) is 14.2 Å². The van der Waals surface area contributed by atoms with Crippen LogP contribution in [-0.4, -0.2) is 20.8 Å². The van der Waals surface area contributed by atoms with Gasteiger partial charge in [0, 0.05) is 6.04 Å². The molecule has 1 atom stereocenters. The second-order valence-corrected chi connectivity index (χ2v) is 4.57. The number of ether oxygens (including phenoxy) is 2. The molecule has 1 unspecified atom stereocenters. The predicted molar refractivity (Wildman–Crippen MR) is 68.9 cm³/mol. The summed E-state index contributed by atoms with van der Waals surface area (Å²) in [5, 5.41) is 3.57. The van der Waals surface area contributed by atoms with Crippen molar-refractivity contribution in [3.8, 4) is 11.5 Å². The molecule has 1 aromatic carbocycles. The van der Waals surface area contributed by atoms with E-state index in [9.17, 15) is 0 Å². The number of methoxy groups -OCH3 is 2. The lowest BCUT2D eigenvalue weighted by atomic mass is 9.94.